The number of ketones is 1. The molecule has 0 saturated carbocycles. The van der Waals surface area contributed by atoms with Crippen LogP contribution in [0.3, 0.4) is 0 Å². The lowest BCUT2D eigenvalue weighted by atomic mass is 10.0. The van der Waals surface area contributed by atoms with E-state index in [-0.39, 0.29) is 18.1 Å². The highest BCUT2D eigenvalue weighted by molar-refractivity contribution is 5.95. The molecule has 104 valence electrons. The van der Waals surface area contributed by atoms with Crippen LogP contribution in [0.25, 0.3) is 0 Å². The third-order valence-corrected chi connectivity index (χ3v) is 3.02. The lowest BCUT2D eigenvalue weighted by Crippen LogP contribution is -2.11. The zero-order chi connectivity index (χ0) is 14.7. The molecule has 2 rings (SSSR count). The summed E-state index contributed by atoms with van der Waals surface area (Å²) in [5.41, 5.74) is 1.74. The molecule has 0 bridgehead atoms. The first-order valence-electron chi connectivity index (χ1n) is 6.28. The number of hydrogen-bond acceptors (Lipinski definition) is 4. The van der Waals surface area contributed by atoms with Crippen molar-refractivity contribution in [2.24, 2.45) is 0 Å². The van der Waals surface area contributed by atoms with Crippen LogP contribution in [0.5, 0.6) is 0 Å². The first-order chi connectivity index (χ1) is 9.47. The molecule has 0 aliphatic heterocycles. The van der Waals surface area contributed by atoms with Crippen LogP contribution >= 0.6 is 0 Å². The first-order valence-corrected chi connectivity index (χ1v) is 6.28. The topological polar surface area (TPSA) is 78.0 Å². The van der Waals surface area contributed by atoms with Crippen LogP contribution in [-0.4, -0.2) is 20.5 Å². The van der Waals surface area contributed by atoms with Crippen LogP contribution in [0.4, 0.5) is 5.82 Å². The van der Waals surface area contributed by atoms with Gasteiger partial charge in [-0.2, -0.15) is 4.68 Å². The number of hydrogen-bond donors (Lipinski definition) is 0. The van der Waals surface area contributed by atoms with E-state index in [1.165, 1.54) is 16.9 Å². The fourth-order valence-electron chi connectivity index (χ4n) is 1.83. The van der Waals surface area contributed by atoms with Gasteiger partial charge in [0.15, 0.2) is 5.78 Å². The molecule has 0 spiro atoms. The third kappa shape index (κ3) is 3.09. The van der Waals surface area contributed by atoms with Gasteiger partial charge in [-0.25, -0.2) is 0 Å². The first kappa shape index (κ1) is 13.9. The molecule has 6 heteroatoms. The van der Waals surface area contributed by atoms with E-state index in [0.29, 0.717) is 11.5 Å². The normalized spacial score (nSPS) is 10.8. The van der Waals surface area contributed by atoms with Gasteiger partial charge >= 0.3 is 5.82 Å². The summed E-state index contributed by atoms with van der Waals surface area (Å²) in [5.74, 6) is 0.0270. The number of carbonyl (C=O) groups is 1. The minimum absolute atomic E-state index is 0.00509. The molecule has 20 heavy (non-hydrogen) atoms. The zero-order valence-electron chi connectivity index (χ0n) is 11.3. The Kier molecular flexibility index (Phi) is 3.93. The van der Waals surface area contributed by atoms with Gasteiger partial charge in [0.2, 0.25) is 0 Å². The Balaban J connectivity index is 2.09. The molecule has 0 fully saturated rings. The molecule has 0 aliphatic carbocycles. The van der Waals surface area contributed by atoms with Crippen LogP contribution in [-0.2, 0) is 6.54 Å². The summed E-state index contributed by atoms with van der Waals surface area (Å²) in [6, 6.07) is 8.66. The minimum atomic E-state index is -0.585. The van der Waals surface area contributed by atoms with Crippen molar-refractivity contribution >= 4 is 11.6 Å². The van der Waals surface area contributed by atoms with Crippen molar-refractivity contribution in [2.75, 3.05) is 0 Å². The molecule has 0 atom stereocenters. The number of rotatable bonds is 5. The standard InChI is InChI=1S/C14H15N3O3/c1-10(2)11-3-5-12(6-4-11)13(18)9-16-8-7-14(15-16)17(19)20/h3-8,10H,9H2,1-2H3. The van der Waals surface area contributed by atoms with Crippen LogP contribution in [0.2, 0.25) is 0 Å². The quantitative estimate of drug-likeness (QED) is 0.476. The molecular formula is C14H15N3O3. The Morgan fingerprint density at radius 2 is 1.95 bits per heavy atom. The Morgan fingerprint density at radius 3 is 2.45 bits per heavy atom. The maximum absolute atomic E-state index is 12.0. The van der Waals surface area contributed by atoms with Gasteiger partial charge < -0.3 is 10.1 Å². The Bertz CT molecular complexity index is 629. The summed E-state index contributed by atoms with van der Waals surface area (Å²) >= 11 is 0. The molecule has 0 unspecified atom stereocenters. The summed E-state index contributed by atoms with van der Waals surface area (Å²) in [5, 5.41) is 14.2. The fourth-order valence-corrected chi connectivity index (χ4v) is 1.83. The Morgan fingerprint density at radius 1 is 1.30 bits per heavy atom. The SMILES string of the molecule is CC(C)c1ccc(C(=O)Cn2ccc([N+](=O)[O-])n2)cc1. The summed E-state index contributed by atoms with van der Waals surface area (Å²) in [7, 11) is 0. The largest absolute Gasteiger partial charge is 0.389 e. The molecule has 0 N–H and O–H groups in total. The lowest BCUT2D eigenvalue weighted by Gasteiger charge is -2.05. The highest BCUT2D eigenvalue weighted by Gasteiger charge is 2.14. The number of nitrogens with zero attached hydrogens (tertiary/aromatic N) is 3. The van der Waals surface area contributed by atoms with E-state index in [1.54, 1.807) is 12.1 Å². The zero-order valence-corrected chi connectivity index (χ0v) is 11.3. The minimum Gasteiger partial charge on any atom is -0.358 e. The smallest absolute Gasteiger partial charge is 0.358 e. The van der Waals surface area contributed by atoms with Crippen molar-refractivity contribution in [3.63, 3.8) is 0 Å². The van der Waals surface area contributed by atoms with Crippen LogP contribution < -0.4 is 0 Å². The van der Waals surface area contributed by atoms with Gasteiger partial charge in [0, 0.05) is 5.56 Å². The van der Waals surface area contributed by atoms with Gasteiger partial charge in [0.1, 0.15) is 6.54 Å². The van der Waals surface area contributed by atoms with Crippen LogP contribution in [0.1, 0.15) is 35.7 Å². The number of aromatic nitrogens is 2. The van der Waals surface area contributed by atoms with E-state index in [1.807, 2.05) is 12.1 Å². The van der Waals surface area contributed by atoms with E-state index in [4.69, 9.17) is 0 Å². The van der Waals surface area contributed by atoms with E-state index < -0.39 is 4.92 Å². The predicted molar refractivity (Wildman–Crippen MR) is 73.7 cm³/mol. The lowest BCUT2D eigenvalue weighted by molar-refractivity contribution is -0.389. The Hall–Kier alpha value is -2.50. The van der Waals surface area contributed by atoms with E-state index >= 15 is 0 Å². The van der Waals surface area contributed by atoms with Crippen molar-refractivity contribution in [1.82, 2.24) is 9.78 Å². The van der Waals surface area contributed by atoms with Gasteiger partial charge in [-0.05, 0) is 16.4 Å². The monoisotopic (exact) mass is 273 g/mol. The number of Topliss-reactive ketones (excluding diaryl/α,β-unsaturated/α-hetero) is 1. The maximum Gasteiger partial charge on any atom is 0.389 e. The number of nitro groups is 1. The fraction of sp³-hybridized carbons (Fsp3) is 0.286. The molecule has 0 amide bonds. The van der Waals surface area contributed by atoms with Crippen molar-refractivity contribution in [2.45, 2.75) is 26.3 Å². The molecule has 0 saturated heterocycles. The molecule has 1 aromatic heterocycles. The third-order valence-electron chi connectivity index (χ3n) is 3.02. The van der Waals surface area contributed by atoms with E-state index in [0.717, 1.165) is 5.56 Å². The second kappa shape index (κ2) is 5.64. The van der Waals surface area contributed by atoms with Gasteiger partial charge in [-0.15, -0.1) is 0 Å². The van der Waals surface area contributed by atoms with Gasteiger partial charge in [0.05, 0.1) is 17.4 Å². The summed E-state index contributed by atoms with van der Waals surface area (Å²) < 4.78 is 1.27. The Labute approximate surface area is 116 Å². The van der Waals surface area contributed by atoms with Crippen molar-refractivity contribution in [1.29, 1.82) is 0 Å². The second-order valence-corrected chi connectivity index (χ2v) is 4.83. The van der Waals surface area contributed by atoms with Crippen molar-refractivity contribution in [3.05, 3.63) is 57.8 Å². The van der Waals surface area contributed by atoms with E-state index in [2.05, 4.69) is 18.9 Å². The highest BCUT2D eigenvalue weighted by Crippen LogP contribution is 2.15. The molecule has 2 aromatic rings. The average Bonchev–Trinajstić information content (AvgIpc) is 2.87. The van der Waals surface area contributed by atoms with Crippen LogP contribution in [0, 0.1) is 10.1 Å². The molecule has 0 aliphatic rings. The van der Waals surface area contributed by atoms with E-state index in [9.17, 15) is 14.9 Å². The van der Waals surface area contributed by atoms with Crippen molar-refractivity contribution in [3.8, 4) is 0 Å². The number of carbonyl (C=O) groups excluding carboxylic acids is 1. The summed E-state index contributed by atoms with van der Waals surface area (Å²) in [4.78, 5) is 22.0. The molecule has 6 nitrogen and oxygen atoms in total. The molecule has 0 radical (unpaired) electrons. The summed E-state index contributed by atoms with van der Waals surface area (Å²) in [6.07, 6.45) is 1.43. The van der Waals surface area contributed by atoms with Gasteiger partial charge in [0.25, 0.3) is 0 Å². The second-order valence-electron chi connectivity index (χ2n) is 4.83. The molecular weight excluding hydrogens is 258 g/mol. The predicted octanol–water partition coefficient (Wildman–Crippen LogP) is 2.80. The molecule has 1 heterocycles. The average molecular weight is 273 g/mol. The number of benzene rings is 1. The van der Waals surface area contributed by atoms with Gasteiger partial charge in [-0.1, -0.05) is 38.1 Å². The highest BCUT2D eigenvalue weighted by atomic mass is 16.6. The molecule has 1 aromatic carbocycles. The maximum atomic E-state index is 12.0. The van der Waals surface area contributed by atoms with Crippen LogP contribution in [0.15, 0.2) is 36.5 Å². The summed E-state index contributed by atoms with van der Waals surface area (Å²) in [6.45, 7) is 4.16. The van der Waals surface area contributed by atoms with Crippen molar-refractivity contribution < 1.29 is 9.72 Å². The van der Waals surface area contributed by atoms with Gasteiger partial charge in [-0.3, -0.25) is 4.79 Å².